The molecule has 2 amide bonds. The molecular formula is C19H28ClN3O5. The fourth-order valence-electron chi connectivity index (χ4n) is 3.13. The Kier molecular flexibility index (Phi) is 9.92. The number of nitrogens with one attached hydrogen (secondary N) is 1. The SMILES string of the molecule is COC(=O)C1CCCCN1C(=O)c1cccc(NC(=O)CC(CN)OC)c1.Cl. The average Bonchev–Trinajstić information content (AvgIpc) is 2.71. The molecule has 2 rings (SSSR count). The van der Waals surface area contributed by atoms with Gasteiger partial charge in [-0.05, 0) is 37.5 Å². The standard InChI is InChI=1S/C19H27N3O5.ClH/c1-26-15(12-20)11-17(23)21-14-7-5-6-13(10-14)18(24)22-9-4-3-8-16(22)19(25)27-2;/h5-7,10,15-16H,3-4,8-9,11-12,20H2,1-2H3,(H,21,23);1H. The Morgan fingerprint density at radius 1 is 1.29 bits per heavy atom. The van der Waals surface area contributed by atoms with Gasteiger partial charge in [-0.1, -0.05) is 6.07 Å². The number of methoxy groups -OCH3 is 2. The van der Waals surface area contributed by atoms with Crippen molar-refractivity contribution in [2.75, 3.05) is 32.6 Å². The number of halogens is 1. The maximum absolute atomic E-state index is 12.9. The van der Waals surface area contributed by atoms with Gasteiger partial charge in [0.05, 0.1) is 19.6 Å². The maximum Gasteiger partial charge on any atom is 0.328 e. The number of carbonyl (C=O) groups excluding carboxylic acids is 3. The highest BCUT2D eigenvalue weighted by Gasteiger charge is 2.33. The minimum atomic E-state index is -0.568. The van der Waals surface area contributed by atoms with Crippen molar-refractivity contribution in [3.05, 3.63) is 29.8 Å². The summed E-state index contributed by atoms with van der Waals surface area (Å²) in [7, 11) is 2.82. The molecule has 0 bridgehead atoms. The molecule has 0 aromatic heterocycles. The number of ether oxygens (including phenoxy) is 2. The van der Waals surface area contributed by atoms with E-state index < -0.39 is 12.0 Å². The van der Waals surface area contributed by atoms with Gasteiger partial charge in [-0.25, -0.2) is 4.79 Å². The summed E-state index contributed by atoms with van der Waals surface area (Å²) in [6, 6.07) is 6.09. The third kappa shape index (κ3) is 6.19. The number of nitrogens with zero attached hydrogens (tertiary/aromatic N) is 1. The largest absolute Gasteiger partial charge is 0.467 e. The van der Waals surface area contributed by atoms with Crippen LogP contribution in [0.2, 0.25) is 0 Å². The Morgan fingerprint density at radius 3 is 2.68 bits per heavy atom. The number of esters is 1. The highest BCUT2D eigenvalue weighted by Crippen LogP contribution is 2.22. The molecule has 2 atom stereocenters. The number of hydrogen-bond acceptors (Lipinski definition) is 6. The lowest BCUT2D eigenvalue weighted by Gasteiger charge is -2.33. The van der Waals surface area contributed by atoms with E-state index in [1.54, 1.807) is 29.2 Å². The van der Waals surface area contributed by atoms with E-state index in [9.17, 15) is 14.4 Å². The van der Waals surface area contributed by atoms with Crippen LogP contribution in [-0.4, -0.2) is 62.1 Å². The number of rotatable bonds is 7. The molecule has 1 aliphatic rings. The van der Waals surface area contributed by atoms with E-state index in [0.29, 0.717) is 24.2 Å². The normalized spacial score (nSPS) is 17.2. The molecule has 156 valence electrons. The first kappa shape index (κ1) is 23.9. The van der Waals surface area contributed by atoms with Crippen LogP contribution in [0.15, 0.2) is 24.3 Å². The first-order valence-electron chi connectivity index (χ1n) is 9.01. The lowest BCUT2D eigenvalue weighted by molar-refractivity contribution is -0.147. The fraction of sp³-hybridized carbons (Fsp3) is 0.526. The number of hydrogen-bond donors (Lipinski definition) is 2. The highest BCUT2D eigenvalue weighted by molar-refractivity contribution is 5.99. The van der Waals surface area contributed by atoms with Crippen LogP contribution in [0.3, 0.4) is 0 Å². The van der Waals surface area contributed by atoms with Crippen LogP contribution in [0.4, 0.5) is 5.69 Å². The molecule has 0 aliphatic carbocycles. The molecule has 1 heterocycles. The molecule has 1 aliphatic heterocycles. The maximum atomic E-state index is 12.9. The van der Waals surface area contributed by atoms with Crippen LogP contribution in [0.1, 0.15) is 36.0 Å². The van der Waals surface area contributed by atoms with Gasteiger partial charge in [-0.3, -0.25) is 9.59 Å². The average molecular weight is 414 g/mol. The number of piperidine rings is 1. The van der Waals surface area contributed by atoms with Gasteiger partial charge in [0.15, 0.2) is 0 Å². The van der Waals surface area contributed by atoms with E-state index in [-0.39, 0.29) is 43.3 Å². The van der Waals surface area contributed by atoms with Crippen molar-refractivity contribution < 1.29 is 23.9 Å². The molecular weight excluding hydrogens is 386 g/mol. The summed E-state index contributed by atoms with van der Waals surface area (Å²) in [5.74, 6) is -0.903. The van der Waals surface area contributed by atoms with Gasteiger partial charge < -0.3 is 25.4 Å². The molecule has 1 fully saturated rings. The number of carbonyl (C=O) groups is 3. The third-order valence-corrected chi connectivity index (χ3v) is 4.64. The molecule has 3 N–H and O–H groups in total. The lowest BCUT2D eigenvalue weighted by Crippen LogP contribution is -2.48. The molecule has 0 saturated carbocycles. The van der Waals surface area contributed by atoms with Crippen molar-refractivity contribution in [3.63, 3.8) is 0 Å². The van der Waals surface area contributed by atoms with Crippen molar-refractivity contribution in [1.82, 2.24) is 4.90 Å². The zero-order chi connectivity index (χ0) is 19.8. The van der Waals surface area contributed by atoms with E-state index >= 15 is 0 Å². The summed E-state index contributed by atoms with van der Waals surface area (Å²) in [5.41, 5.74) is 6.44. The van der Waals surface area contributed by atoms with Gasteiger partial charge in [0, 0.05) is 31.5 Å². The van der Waals surface area contributed by atoms with Crippen LogP contribution in [0, 0.1) is 0 Å². The van der Waals surface area contributed by atoms with Crippen molar-refractivity contribution >= 4 is 35.9 Å². The Morgan fingerprint density at radius 2 is 2.04 bits per heavy atom. The van der Waals surface area contributed by atoms with Crippen molar-refractivity contribution in [1.29, 1.82) is 0 Å². The Hall–Kier alpha value is -2.16. The number of nitrogens with two attached hydrogens (primary N) is 1. The Labute approximate surface area is 171 Å². The molecule has 1 aromatic rings. The molecule has 0 spiro atoms. The Balaban J connectivity index is 0.00000392. The summed E-state index contributed by atoms with van der Waals surface area (Å²) < 4.78 is 9.93. The zero-order valence-electron chi connectivity index (χ0n) is 16.2. The molecule has 1 aromatic carbocycles. The van der Waals surface area contributed by atoms with Gasteiger partial charge in [0.2, 0.25) is 5.91 Å². The van der Waals surface area contributed by atoms with Crippen LogP contribution in [0.25, 0.3) is 0 Å². The molecule has 1 saturated heterocycles. The minimum Gasteiger partial charge on any atom is -0.467 e. The number of likely N-dealkylation sites (tertiary alicyclic amines) is 1. The number of amides is 2. The van der Waals surface area contributed by atoms with Crippen LogP contribution >= 0.6 is 12.4 Å². The van der Waals surface area contributed by atoms with Crippen LogP contribution in [0.5, 0.6) is 0 Å². The predicted molar refractivity (Wildman–Crippen MR) is 107 cm³/mol. The molecule has 2 unspecified atom stereocenters. The molecule has 9 heteroatoms. The quantitative estimate of drug-likeness (QED) is 0.656. The number of anilines is 1. The first-order chi connectivity index (χ1) is 13.0. The van der Waals surface area contributed by atoms with Gasteiger partial charge >= 0.3 is 5.97 Å². The number of benzene rings is 1. The van der Waals surface area contributed by atoms with E-state index in [4.69, 9.17) is 15.2 Å². The zero-order valence-corrected chi connectivity index (χ0v) is 17.0. The summed E-state index contributed by atoms with van der Waals surface area (Å²) in [6.07, 6.45) is 2.08. The van der Waals surface area contributed by atoms with Crippen molar-refractivity contribution in [2.45, 2.75) is 37.8 Å². The second-order valence-electron chi connectivity index (χ2n) is 6.46. The van der Waals surface area contributed by atoms with Crippen molar-refractivity contribution in [3.8, 4) is 0 Å². The summed E-state index contributed by atoms with van der Waals surface area (Å²) in [5, 5.41) is 2.75. The van der Waals surface area contributed by atoms with E-state index in [1.165, 1.54) is 14.2 Å². The van der Waals surface area contributed by atoms with Gasteiger partial charge in [-0.2, -0.15) is 0 Å². The van der Waals surface area contributed by atoms with Gasteiger partial charge in [0.25, 0.3) is 5.91 Å². The molecule has 0 radical (unpaired) electrons. The van der Waals surface area contributed by atoms with Crippen molar-refractivity contribution in [2.24, 2.45) is 5.73 Å². The molecule has 8 nitrogen and oxygen atoms in total. The molecule has 28 heavy (non-hydrogen) atoms. The topological polar surface area (TPSA) is 111 Å². The second-order valence-corrected chi connectivity index (χ2v) is 6.46. The highest BCUT2D eigenvalue weighted by atomic mass is 35.5. The predicted octanol–water partition coefficient (Wildman–Crippen LogP) is 1.58. The summed E-state index contributed by atoms with van der Waals surface area (Å²) in [6.45, 7) is 0.744. The summed E-state index contributed by atoms with van der Waals surface area (Å²) in [4.78, 5) is 38.5. The smallest absolute Gasteiger partial charge is 0.328 e. The minimum absolute atomic E-state index is 0. The van der Waals surface area contributed by atoms with Crippen LogP contribution < -0.4 is 11.1 Å². The van der Waals surface area contributed by atoms with E-state index in [1.807, 2.05) is 0 Å². The lowest BCUT2D eigenvalue weighted by atomic mass is 10.0. The van der Waals surface area contributed by atoms with Gasteiger partial charge in [0.1, 0.15) is 6.04 Å². The third-order valence-electron chi connectivity index (χ3n) is 4.64. The first-order valence-corrected chi connectivity index (χ1v) is 9.01. The summed E-state index contributed by atoms with van der Waals surface area (Å²) >= 11 is 0. The Bertz CT molecular complexity index is 681. The van der Waals surface area contributed by atoms with E-state index in [0.717, 1.165) is 12.8 Å². The van der Waals surface area contributed by atoms with Crippen LogP contribution in [-0.2, 0) is 19.1 Å². The fourth-order valence-corrected chi connectivity index (χ4v) is 3.13. The monoisotopic (exact) mass is 413 g/mol. The second kappa shape index (κ2) is 11.6. The van der Waals surface area contributed by atoms with Gasteiger partial charge in [-0.15, -0.1) is 12.4 Å². The van der Waals surface area contributed by atoms with E-state index in [2.05, 4.69) is 5.32 Å².